The van der Waals surface area contributed by atoms with Crippen molar-refractivity contribution in [3.8, 4) is 28.7 Å². The van der Waals surface area contributed by atoms with Gasteiger partial charge >= 0.3 is 0 Å². The van der Waals surface area contributed by atoms with Gasteiger partial charge in [0.15, 0.2) is 11.5 Å². The van der Waals surface area contributed by atoms with Crippen molar-refractivity contribution in [2.75, 3.05) is 7.05 Å². The van der Waals surface area contributed by atoms with Gasteiger partial charge in [0, 0.05) is 42.0 Å². The summed E-state index contributed by atoms with van der Waals surface area (Å²) < 4.78 is 9.17. The first-order chi connectivity index (χ1) is 17.8. The number of aryl methyl sites for hydroxylation is 1. The number of fused-ring (bicyclic) bond motifs is 2. The molecule has 1 aliphatic rings. The van der Waals surface area contributed by atoms with Crippen LogP contribution in [-0.2, 0) is 6.54 Å². The lowest BCUT2D eigenvalue weighted by Gasteiger charge is -2.15. The third-order valence-electron chi connectivity index (χ3n) is 6.50. The van der Waals surface area contributed by atoms with E-state index in [1.54, 1.807) is 46.5 Å². The van der Waals surface area contributed by atoms with Crippen LogP contribution in [0, 0.1) is 13.8 Å². The number of nitrogens with zero attached hydrogens (tertiary/aromatic N) is 8. The highest BCUT2D eigenvalue weighted by atomic mass is 16.5. The van der Waals surface area contributed by atoms with Gasteiger partial charge in [-0.25, -0.2) is 14.2 Å². The lowest BCUT2D eigenvalue weighted by molar-refractivity contribution is 0.0810. The fraction of sp³-hybridized carbons (Fsp3) is 0.231. The van der Waals surface area contributed by atoms with Crippen molar-refractivity contribution in [1.29, 1.82) is 0 Å². The fourth-order valence-corrected chi connectivity index (χ4v) is 4.48. The Morgan fingerprint density at radius 3 is 2.65 bits per heavy atom. The Morgan fingerprint density at radius 1 is 1.08 bits per heavy atom. The first-order valence-corrected chi connectivity index (χ1v) is 11.8. The van der Waals surface area contributed by atoms with Crippen LogP contribution in [0.15, 0.2) is 48.8 Å². The second kappa shape index (κ2) is 8.49. The van der Waals surface area contributed by atoms with Crippen LogP contribution in [0.5, 0.6) is 11.6 Å². The van der Waals surface area contributed by atoms with Gasteiger partial charge in [-0.2, -0.15) is 15.3 Å². The summed E-state index contributed by atoms with van der Waals surface area (Å²) in [6.07, 6.45) is 2.71. The summed E-state index contributed by atoms with van der Waals surface area (Å²) in [6.45, 7) is 5.95. The highest BCUT2D eigenvalue weighted by Gasteiger charge is 2.32. The summed E-state index contributed by atoms with van der Waals surface area (Å²) >= 11 is 0. The number of amides is 1. The van der Waals surface area contributed by atoms with Gasteiger partial charge in [-0.1, -0.05) is 6.07 Å². The number of aliphatic hydroxyl groups is 1. The number of aromatic nitrogens is 7. The second-order valence-corrected chi connectivity index (χ2v) is 9.14. The largest absolute Gasteiger partial charge is 0.436 e. The summed E-state index contributed by atoms with van der Waals surface area (Å²) in [5, 5.41) is 27.6. The number of rotatable bonds is 5. The summed E-state index contributed by atoms with van der Waals surface area (Å²) in [7, 11) is 1.75. The number of carbonyl (C=O) groups excluding carboxylic acids is 1. The molecule has 0 bridgehead atoms. The highest BCUT2D eigenvalue weighted by molar-refractivity contribution is 5.96. The average molecular weight is 497 g/mol. The minimum atomic E-state index is -0.776. The zero-order valence-electron chi connectivity index (χ0n) is 20.7. The van der Waals surface area contributed by atoms with Crippen LogP contribution in [0.2, 0.25) is 0 Å². The van der Waals surface area contributed by atoms with E-state index in [9.17, 15) is 9.90 Å². The van der Waals surface area contributed by atoms with E-state index in [1.165, 1.54) is 0 Å². The molecule has 6 rings (SSSR count). The molecule has 0 saturated heterocycles. The standard InChI is InChI=1S/C26H24N8O3/c1-14-5-10-23(30-29-14)37-17-6-9-22-19(11-27-33(22)12-17)21-8-7-18(16(3)35)25(28-21)34-15(2)20-13-32(4)26(36)24(20)31-34/h5-12,16,35H,13H2,1-4H3. The van der Waals surface area contributed by atoms with Gasteiger partial charge in [0.05, 0.1) is 35.4 Å². The first-order valence-electron chi connectivity index (χ1n) is 11.8. The molecule has 5 aromatic heterocycles. The molecule has 0 aromatic carbocycles. The van der Waals surface area contributed by atoms with Crippen LogP contribution < -0.4 is 4.74 Å². The Labute approximate surface area is 212 Å². The minimum Gasteiger partial charge on any atom is -0.436 e. The molecule has 1 atom stereocenters. The first kappa shape index (κ1) is 22.8. The van der Waals surface area contributed by atoms with E-state index in [0.717, 1.165) is 28.0 Å². The summed E-state index contributed by atoms with van der Waals surface area (Å²) in [4.78, 5) is 19.0. The maximum absolute atomic E-state index is 12.5. The van der Waals surface area contributed by atoms with Gasteiger partial charge in [-0.05, 0) is 45.0 Å². The average Bonchev–Trinajstić information content (AvgIpc) is 3.53. The van der Waals surface area contributed by atoms with Crippen molar-refractivity contribution in [2.45, 2.75) is 33.4 Å². The van der Waals surface area contributed by atoms with E-state index in [0.29, 0.717) is 40.9 Å². The van der Waals surface area contributed by atoms with Crippen LogP contribution in [-0.4, -0.2) is 57.5 Å². The van der Waals surface area contributed by atoms with Crippen molar-refractivity contribution >= 4 is 11.4 Å². The quantitative estimate of drug-likeness (QED) is 0.393. The van der Waals surface area contributed by atoms with Crippen LogP contribution in [0.3, 0.4) is 0 Å². The zero-order chi connectivity index (χ0) is 25.8. The van der Waals surface area contributed by atoms with E-state index < -0.39 is 6.10 Å². The maximum atomic E-state index is 12.5. The van der Waals surface area contributed by atoms with Crippen LogP contribution >= 0.6 is 0 Å². The smallest absolute Gasteiger partial charge is 0.274 e. The van der Waals surface area contributed by atoms with Crippen LogP contribution in [0.4, 0.5) is 0 Å². The maximum Gasteiger partial charge on any atom is 0.274 e. The molecule has 11 nitrogen and oxygen atoms in total. The predicted molar refractivity (Wildman–Crippen MR) is 134 cm³/mol. The van der Waals surface area contributed by atoms with Crippen molar-refractivity contribution in [3.63, 3.8) is 0 Å². The third-order valence-corrected chi connectivity index (χ3v) is 6.50. The molecule has 11 heteroatoms. The summed E-state index contributed by atoms with van der Waals surface area (Å²) in [5.74, 6) is 1.31. The minimum absolute atomic E-state index is 0.121. The molecule has 37 heavy (non-hydrogen) atoms. The van der Waals surface area contributed by atoms with Crippen molar-refractivity contribution < 1.29 is 14.6 Å². The molecule has 0 radical (unpaired) electrons. The molecule has 0 fully saturated rings. The molecule has 6 heterocycles. The predicted octanol–water partition coefficient (Wildman–Crippen LogP) is 3.42. The van der Waals surface area contributed by atoms with E-state index in [2.05, 4.69) is 20.4 Å². The zero-order valence-corrected chi connectivity index (χ0v) is 20.7. The number of aliphatic hydroxyl groups excluding tert-OH is 1. The molecule has 1 N–H and O–H groups in total. The van der Waals surface area contributed by atoms with Gasteiger partial charge < -0.3 is 14.7 Å². The number of carbonyl (C=O) groups is 1. The van der Waals surface area contributed by atoms with Crippen LogP contribution in [0.25, 0.3) is 22.6 Å². The molecule has 0 saturated carbocycles. The summed E-state index contributed by atoms with van der Waals surface area (Å²) in [6, 6.07) is 11.0. The topological polar surface area (TPSA) is 124 Å². The monoisotopic (exact) mass is 496 g/mol. The van der Waals surface area contributed by atoms with E-state index >= 15 is 0 Å². The molecule has 0 aliphatic carbocycles. The number of hydrogen-bond donors (Lipinski definition) is 1. The Kier molecular flexibility index (Phi) is 5.23. The van der Waals surface area contributed by atoms with Gasteiger partial charge in [0.1, 0.15) is 5.75 Å². The molecule has 5 aromatic rings. The van der Waals surface area contributed by atoms with Gasteiger partial charge in [-0.3, -0.25) is 4.79 Å². The Hall–Kier alpha value is -4.64. The lowest BCUT2D eigenvalue weighted by Crippen LogP contribution is -2.20. The Morgan fingerprint density at radius 2 is 1.92 bits per heavy atom. The van der Waals surface area contributed by atoms with Crippen molar-refractivity contribution in [2.24, 2.45) is 0 Å². The fourth-order valence-electron chi connectivity index (χ4n) is 4.48. The molecule has 1 unspecified atom stereocenters. The number of hydrogen-bond acceptors (Lipinski definition) is 8. The summed E-state index contributed by atoms with van der Waals surface area (Å²) in [5.41, 5.74) is 5.81. The molecule has 1 amide bonds. The normalized spacial score (nSPS) is 13.9. The molecular weight excluding hydrogens is 472 g/mol. The number of ether oxygens (including phenoxy) is 1. The number of pyridine rings is 2. The SMILES string of the molecule is Cc1ccc(Oc2ccc3c(-c4ccc(C(C)O)c(-n5nc6c(c5C)CN(C)C6=O)n4)cnn3c2)nn1. The molecule has 186 valence electrons. The molecule has 0 spiro atoms. The lowest BCUT2D eigenvalue weighted by atomic mass is 10.1. The molecule has 1 aliphatic heterocycles. The molecular formula is C26H24N8O3. The van der Waals surface area contributed by atoms with Crippen molar-refractivity contribution in [1.82, 2.24) is 39.5 Å². The van der Waals surface area contributed by atoms with E-state index in [-0.39, 0.29) is 5.91 Å². The Bertz CT molecular complexity index is 1670. The second-order valence-electron chi connectivity index (χ2n) is 9.14. The van der Waals surface area contributed by atoms with Crippen molar-refractivity contribution in [3.05, 3.63) is 77.0 Å². The van der Waals surface area contributed by atoms with Crippen LogP contribution in [0.1, 0.15) is 46.0 Å². The third kappa shape index (κ3) is 3.80. The van der Waals surface area contributed by atoms with E-state index in [4.69, 9.17) is 9.72 Å². The van der Waals surface area contributed by atoms with E-state index in [1.807, 2.05) is 44.2 Å². The Balaban J connectivity index is 1.40. The highest BCUT2D eigenvalue weighted by Crippen LogP contribution is 2.32. The van der Waals surface area contributed by atoms with Gasteiger partial charge in [0.25, 0.3) is 5.91 Å². The van der Waals surface area contributed by atoms with Gasteiger partial charge in [-0.15, -0.1) is 5.10 Å². The van der Waals surface area contributed by atoms with Gasteiger partial charge in [0.2, 0.25) is 5.88 Å².